The summed E-state index contributed by atoms with van der Waals surface area (Å²) >= 11 is 0. The maximum atomic E-state index is 12.1. The van der Waals surface area contributed by atoms with Crippen molar-refractivity contribution >= 4 is 5.97 Å². The Morgan fingerprint density at radius 1 is 0.568 bits per heavy atom. The van der Waals surface area contributed by atoms with E-state index in [1.54, 1.807) is 0 Å². The summed E-state index contributed by atoms with van der Waals surface area (Å²) in [6, 6.07) is 0. The molecule has 0 radical (unpaired) electrons. The van der Waals surface area contributed by atoms with E-state index in [0.29, 0.717) is 13.0 Å². The fourth-order valence-corrected chi connectivity index (χ4v) is 4.33. The lowest BCUT2D eigenvalue weighted by atomic mass is 10.1. The van der Waals surface area contributed by atoms with Crippen LogP contribution in [-0.2, 0) is 14.3 Å². The van der Waals surface area contributed by atoms with Crippen LogP contribution in [0.4, 0.5) is 0 Å². The highest BCUT2D eigenvalue weighted by Crippen LogP contribution is 2.09. The second kappa shape index (κ2) is 36.8. The van der Waals surface area contributed by atoms with Gasteiger partial charge >= 0.3 is 5.97 Å². The maximum Gasteiger partial charge on any atom is 0.306 e. The number of carbonyl (C=O) groups excluding carboxylic acids is 1. The van der Waals surface area contributed by atoms with Crippen LogP contribution in [-0.4, -0.2) is 37.0 Å². The highest BCUT2D eigenvalue weighted by atomic mass is 16.6. The van der Waals surface area contributed by atoms with Gasteiger partial charge in [-0.3, -0.25) is 4.79 Å². The molecule has 0 amide bonds. The number of carbonyl (C=O) groups is 1. The van der Waals surface area contributed by atoms with E-state index in [0.717, 1.165) is 70.6 Å². The maximum absolute atomic E-state index is 12.1. The predicted octanol–water partition coefficient (Wildman–Crippen LogP) is 11.3. The number of rotatable bonds is 31. The third-order valence-corrected chi connectivity index (χ3v) is 6.94. The van der Waals surface area contributed by atoms with Gasteiger partial charge in [-0.25, -0.2) is 0 Å². The van der Waals surface area contributed by atoms with Crippen molar-refractivity contribution in [1.82, 2.24) is 0 Å². The summed E-state index contributed by atoms with van der Waals surface area (Å²) in [5, 5.41) is 9.53. The van der Waals surface area contributed by atoms with Gasteiger partial charge in [-0.2, -0.15) is 0 Å². The number of esters is 1. The zero-order valence-corrected chi connectivity index (χ0v) is 28.4. The molecule has 0 bridgehead atoms. The minimum absolute atomic E-state index is 0.197. The molecule has 0 aromatic carbocycles. The lowest BCUT2D eigenvalue weighted by Gasteiger charge is -2.15. The zero-order chi connectivity index (χ0) is 32.0. The molecule has 1 N–H and O–H groups in total. The average molecular weight is 611 g/mol. The van der Waals surface area contributed by atoms with Gasteiger partial charge in [0.1, 0.15) is 6.10 Å². The van der Waals surface area contributed by atoms with Crippen molar-refractivity contribution < 1.29 is 19.4 Å². The SMILES string of the molecule is CC/C=C\C/C=C\C/C=C\C/C=C\C/C=C\C/C=C\CCCCC(=O)OC(CO)COCCCCCCCC/C=C\CCC. The number of aliphatic hydroxyl groups is 1. The van der Waals surface area contributed by atoms with Crippen LogP contribution >= 0.6 is 0 Å². The standard InChI is InChI=1S/C40H66O4/c1-3-5-7-9-11-13-15-16-17-18-19-20-21-22-23-24-25-27-29-31-33-35-40(42)44-39(37-41)38-43-36-34-32-30-28-26-14-12-10-8-6-4-2/h5,7-8,10-11,13,16-17,19-20,22-23,25,27,39,41H,3-4,6,9,12,14-15,18,21,24,26,28-38H2,1-2H3/b7-5-,10-8-,13-11-,17-16-,20-19-,23-22-,27-25-. The van der Waals surface area contributed by atoms with Crippen molar-refractivity contribution in [2.45, 2.75) is 142 Å². The van der Waals surface area contributed by atoms with E-state index in [1.807, 2.05) is 0 Å². The zero-order valence-electron chi connectivity index (χ0n) is 28.4. The predicted molar refractivity (Wildman–Crippen MR) is 191 cm³/mol. The topological polar surface area (TPSA) is 55.8 Å². The monoisotopic (exact) mass is 610 g/mol. The molecule has 0 aromatic rings. The van der Waals surface area contributed by atoms with Gasteiger partial charge in [0, 0.05) is 13.0 Å². The van der Waals surface area contributed by atoms with Crippen LogP contribution in [0, 0.1) is 0 Å². The molecule has 0 aliphatic rings. The molecule has 0 rings (SSSR count). The fourth-order valence-electron chi connectivity index (χ4n) is 4.33. The van der Waals surface area contributed by atoms with E-state index in [9.17, 15) is 9.90 Å². The third kappa shape index (κ3) is 34.1. The summed E-state index contributed by atoms with van der Waals surface area (Å²) in [6.45, 7) is 5.09. The first-order valence-electron chi connectivity index (χ1n) is 17.7. The molecule has 0 fully saturated rings. The van der Waals surface area contributed by atoms with Crippen molar-refractivity contribution in [2.75, 3.05) is 19.8 Å². The Hall–Kier alpha value is -2.43. The van der Waals surface area contributed by atoms with Crippen LogP contribution in [0.5, 0.6) is 0 Å². The minimum atomic E-state index is -0.563. The number of hydrogen-bond donors (Lipinski definition) is 1. The molecule has 0 aromatic heterocycles. The summed E-state index contributed by atoms with van der Waals surface area (Å²) < 4.78 is 11.0. The largest absolute Gasteiger partial charge is 0.457 e. The van der Waals surface area contributed by atoms with Crippen molar-refractivity contribution in [3.63, 3.8) is 0 Å². The van der Waals surface area contributed by atoms with Crippen LogP contribution in [0.2, 0.25) is 0 Å². The second-order valence-corrected chi connectivity index (χ2v) is 11.2. The minimum Gasteiger partial charge on any atom is -0.457 e. The van der Waals surface area contributed by atoms with Crippen molar-refractivity contribution in [2.24, 2.45) is 0 Å². The lowest BCUT2D eigenvalue weighted by molar-refractivity contribution is -0.154. The molecule has 0 saturated heterocycles. The van der Waals surface area contributed by atoms with Crippen molar-refractivity contribution in [3.8, 4) is 0 Å². The molecule has 4 heteroatoms. The molecule has 0 saturated carbocycles. The van der Waals surface area contributed by atoms with Gasteiger partial charge < -0.3 is 14.6 Å². The number of ether oxygens (including phenoxy) is 2. The smallest absolute Gasteiger partial charge is 0.306 e. The van der Waals surface area contributed by atoms with Crippen molar-refractivity contribution in [3.05, 3.63) is 85.1 Å². The van der Waals surface area contributed by atoms with E-state index in [4.69, 9.17) is 9.47 Å². The third-order valence-electron chi connectivity index (χ3n) is 6.94. The van der Waals surface area contributed by atoms with Gasteiger partial charge in [-0.05, 0) is 83.5 Å². The quantitative estimate of drug-likeness (QED) is 0.0482. The van der Waals surface area contributed by atoms with Gasteiger partial charge in [0.2, 0.25) is 0 Å². The Kier molecular flexibility index (Phi) is 34.7. The molecule has 44 heavy (non-hydrogen) atoms. The van der Waals surface area contributed by atoms with Gasteiger partial charge in [0.05, 0.1) is 13.2 Å². The Labute approximate surface area is 271 Å². The summed E-state index contributed by atoms with van der Waals surface area (Å²) in [6.07, 6.45) is 50.5. The van der Waals surface area contributed by atoms with Crippen LogP contribution in [0.1, 0.15) is 136 Å². The Balaban J connectivity index is 3.63. The molecule has 4 nitrogen and oxygen atoms in total. The van der Waals surface area contributed by atoms with Gasteiger partial charge in [-0.15, -0.1) is 0 Å². The first-order chi connectivity index (χ1) is 21.7. The number of unbranched alkanes of at least 4 members (excludes halogenated alkanes) is 9. The lowest BCUT2D eigenvalue weighted by Crippen LogP contribution is -2.27. The van der Waals surface area contributed by atoms with Crippen LogP contribution in [0.3, 0.4) is 0 Å². The van der Waals surface area contributed by atoms with Gasteiger partial charge in [0.25, 0.3) is 0 Å². The van der Waals surface area contributed by atoms with E-state index in [2.05, 4.69) is 98.9 Å². The van der Waals surface area contributed by atoms with Gasteiger partial charge in [0.15, 0.2) is 0 Å². The van der Waals surface area contributed by atoms with Crippen molar-refractivity contribution in [1.29, 1.82) is 0 Å². The first kappa shape index (κ1) is 41.6. The molecule has 0 heterocycles. The average Bonchev–Trinajstić information content (AvgIpc) is 3.03. The Bertz CT molecular complexity index is 815. The molecular formula is C40H66O4. The molecule has 0 spiro atoms. The fraction of sp³-hybridized carbons (Fsp3) is 0.625. The summed E-state index contributed by atoms with van der Waals surface area (Å²) in [4.78, 5) is 12.1. The van der Waals surface area contributed by atoms with Gasteiger partial charge in [-0.1, -0.05) is 131 Å². The van der Waals surface area contributed by atoms with E-state index in [1.165, 1.54) is 44.9 Å². The first-order valence-corrected chi connectivity index (χ1v) is 17.7. The van der Waals surface area contributed by atoms with Crippen LogP contribution in [0.15, 0.2) is 85.1 Å². The van der Waals surface area contributed by atoms with E-state index in [-0.39, 0.29) is 19.2 Å². The van der Waals surface area contributed by atoms with E-state index >= 15 is 0 Å². The molecule has 0 aliphatic heterocycles. The Morgan fingerprint density at radius 2 is 1.02 bits per heavy atom. The number of allylic oxidation sites excluding steroid dienone is 14. The summed E-state index contributed by atoms with van der Waals surface area (Å²) in [5.74, 6) is -0.250. The number of aliphatic hydroxyl groups excluding tert-OH is 1. The Morgan fingerprint density at radius 3 is 1.57 bits per heavy atom. The number of hydrogen-bond acceptors (Lipinski definition) is 4. The molecule has 1 atom stereocenters. The summed E-state index contributed by atoms with van der Waals surface area (Å²) in [5.41, 5.74) is 0. The van der Waals surface area contributed by atoms with Crippen LogP contribution in [0.25, 0.3) is 0 Å². The highest BCUT2D eigenvalue weighted by Gasteiger charge is 2.13. The molecule has 1 unspecified atom stereocenters. The summed E-state index contributed by atoms with van der Waals surface area (Å²) in [7, 11) is 0. The van der Waals surface area contributed by atoms with Crippen LogP contribution < -0.4 is 0 Å². The molecule has 250 valence electrons. The van der Waals surface area contributed by atoms with E-state index < -0.39 is 6.10 Å². The highest BCUT2D eigenvalue weighted by molar-refractivity contribution is 5.69. The normalized spacial score (nSPS) is 13.4. The second-order valence-electron chi connectivity index (χ2n) is 11.2. The molecular weight excluding hydrogens is 544 g/mol. The molecule has 0 aliphatic carbocycles.